The molecule has 2 heterocycles. The van der Waals surface area contributed by atoms with Crippen molar-refractivity contribution in [2.24, 2.45) is 0 Å². The summed E-state index contributed by atoms with van der Waals surface area (Å²) in [6.45, 7) is 4.18. The van der Waals surface area contributed by atoms with Crippen LogP contribution in [0.5, 0.6) is 0 Å². The third-order valence-corrected chi connectivity index (χ3v) is 3.30. The second-order valence-corrected chi connectivity index (χ2v) is 4.77. The van der Waals surface area contributed by atoms with Gasteiger partial charge in [0.15, 0.2) is 0 Å². The number of hydrogen-bond acceptors (Lipinski definition) is 3. The molecule has 0 saturated heterocycles. The lowest BCUT2D eigenvalue weighted by molar-refractivity contribution is 0.410. The summed E-state index contributed by atoms with van der Waals surface area (Å²) in [4.78, 5) is 7.37. The van der Waals surface area contributed by atoms with Crippen LogP contribution in [0.4, 0.5) is 0 Å². The van der Waals surface area contributed by atoms with Gasteiger partial charge >= 0.3 is 0 Å². The van der Waals surface area contributed by atoms with Crippen molar-refractivity contribution in [2.75, 3.05) is 0 Å². The van der Waals surface area contributed by atoms with Crippen LogP contribution in [0.2, 0.25) is 0 Å². The highest BCUT2D eigenvalue weighted by atomic mass is 16.3. The van der Waals surface area contributed by atoms with Crippen molar-refractivity contribution >= 4 is 11.0 Å². The predicted octanol–water partition coefficient (Wildman–Crippen LogP) is 3.57. The fraction of sp³-hybridized carbons (Fsp3) is 0.267. The molecule has 1 aromatic carbocycles. The van der Waals surface area contributed by atoms with E-state index < -0.39 is 0 Å². The summed E-state index contributed by atoms with van der Waals surface area (Å²) in [7, 11) is 0. The molecule has 2 atom stereocenters. The Morgan fingerprint density at radius 1 is 1.21 bits per heavy atom. The summed E-state index contributed by atoms with van der Waals surface area (Å²) in [5, 5.41) is 4.61. The largest absolute Gasteiger partial charge is 0.459 e. The van der Waals surface area contributed by atoms with Gasteiger partial charge in [0.05, 0.1) is 12.1 Å². The number of nitrogens with zero attached hydrogens (tertiary/aromatic N) is 1. The van der Waals surface area contributed by atoms with Gasteiger partial charge in [0.2, 0.25) is 0 Å². The molecule has 0 spiro atoms. The maximum Gasteiger partial charge on any atom is 0.134 e. The van der Waals surface area contributed by atoms with E-state index in [0.717, 1.165) is 22.6 Å². The minimum atomic E-state index is 0.132. The first-order chi connectivity index (χ1) is 9.24. The van der Waals surface area contributed by atoms with Crippen LogP contribution in [0.3, 0.4) is 0 Å². The van der Waals surface area contributed by atoms with Gasteiger partial charge in [-0.2, -0.15) is 0 Å². The number of furan rings is 1. The average molecular weight is 255 g/mol. The Morgan fingerprint density at radius 3 is 2.79 bits per heavy atom. The minimum absolute atomic E-state index is 0.132. The molecule has 0 aliphatic heterocycles. The van der Waals surface area contributed by atoms with Crippen LogP contribution in [0.1, 0.15) is 37.5 Å². The lowest BCUT2D eigenvalue weighted by atomic mass is 10.2. The predicted molar refractivity (Wildman–Crippen MR) is 74.8 cm³/mol. The van der Waals surface area contributed by atoms with Gasteiger partial charge in [-0.15, -0.1) is 0 Å². The Bertz CT molecular complexity index is 624. The highest BCUT2D eigenvalue weighted by molar-refractivity contribution is 5.77. The molecule has 0 saturated carbocycles. The number of benzene rings is 1. The van der Waals surface area contributed by atoms with Crippen molar-refractivity contribution in [3.05, 3.63) is 54.3 Å². The smallest absolute Gasteiger partial charge is 0.134 e. The molecular weight excluding hydrogens is 238 g/mol. The van der Waals surface area contributed by atoms with Crippen LogP contribution in [0.15, 0.2) is 47.1 Å². The van der Waals surface area contributed by atoms with E-state index in [9.17, 15) is 0 Å². The number of nitrogens with one attached hydrogen (secondary N) is 2. The Hall–Kier alpha value is -2.07. The lowest BCUT2D eigenvalue weighted by Crippen LogP contribution is -2.22. The number of aromatic nitrogens is 2. The van der Waals surface area contributed by atoms with Crippen molar-refractivity contribution in [1.29, 1.82) is 0 Å². The second kappa shape index (κ2) is 4.90. The SMILES string of the molecule is CC(NC(C)c1cc2ccccc2o1)c1ncc[nH]1. The fourth-order valence-corrected chi connectivity index (χ4v) is 2.27. The van der Waals surface area contributed by atoms with E-state index in [0.29, 0.717) is 0 Å². The molecule has 0 aliphatic carbocycles. The Morgan fingerprint density at radius 2 is 2.05 bits per heavy atom. The van der Waals surface area contributed by atoms with Crippen LogP contribution in [-0.4, -0.2) is 9.97 Å². The highest BCUT2D eigenvalue weighted by Gasteiger charge is 2.15. The summed E-state index contributed by atoms with van der Waals surface area (Å²) < 4.78 is 5.85. The number of rotatable bonds is 4. The van der Waals surface area contributed by atoms with Gasteiger partial charge in [-0.3, -0.25) is 5.32 Å². The molecule has 4 heteroatoms. The molecule has 2 unspecified atom stereocenters. The molecule has 0 aliphatic rings. The van der Waals surface area contributed by atoms with Crippen molar-refractivity contribution in [2.45, 2.75) is 25.9 Å². The number of imidazole rings is 1. The molecule has 0 fully saturated rings. The van der Waals surface area contributed by atoms with Crippen LogP contribution in [0, 0.1) is 0 Å². The molecule has 3 rings (SSSR count). The van der Waals surface area contributed by atoms with Crippen molar-refractivity contribution < 1.29 is 4.42 Å². The summed E-state index contributed by atoms with van der Waals surface area (Å²) >= 11 is 0. The van der Waals surface area contributed by atoms with E-state index in [2.05, 4.69) is 41.3 Å². The molecule has 0 bridgehead atoms. The van der Waals surface area contributed by atoms with Gasteiger partial charge in [-0.05, 0) is 26.0 Å². The summed E-state index contributed by atoms with van der Waals surface area (Å²) in [5.41, 5.74) is 0.928. The first kappa shape index (κ1) is 12.0. The van der Waals surface area contributed by atoms with E-state index >= 15 is 0 Å². The van der Waals surface area contributed by atoms with Crippen LogP contribution in [0.25, 0.3) is 11.0 Å². The van der Waals surface area contributed by atoms with Crippen LogP contribution < -0.4 is 5.32 Å². The topological polar surface area (TPSA) is 53.9 Å². The van der Waals surface area contributed by atoms with E-state index in [1.54, 1.807) is 6.20 Å². The minimum Gasteiger partial charge on any atom is -0.459 e. The Balaban J connectivity index is 1.78. The highest BCUT2D eigenvalue weighted by Crippen LogP contribution is 2.25. The van der Waals surface area contributed by atoms with Gasteiger partial charge in [-0.1, -0.05) is 18.2 Å². The van der Waals surface area contributed by atoms with Crippen molar-refractivity contribution in [3.8, 4) is 0 Å². The number of aromatic amines is 1. The van der Waals surface area contributed by atoms with Gasteiger partial charge < -0.3 is 9.40 Å². The zero-order valence-corrected chi connectivity index (χ0v) is 11.1. The summed E-state index contributed by atoms with van der Waals surface area (Å²) in [5.74, 6) is 1.88. The van der Waals surface area contributed by atoms with Gasteiger partial charge in [0, 0.05) is 17.8 Å². The number of fused-ring (bicyclic) bond motifs is 1. The normalized spacial score (nSPS) is 14.6. The maximum absolute atomic E-state index is 5.85. The molecule has 98 valence electrons. The molecule has 2 N–H and O–H groups in total. The molecule has 2 aromatic heterocycles. The number of hydrogen-bond donors (Lipinski definition) is 2. The van der Waals surface area contributed by atoms with Crippen LogP contribution >= 0.6 is 0 Å². The summed E-state index contributed by atoms with van der Waals surface area (Å²) in [6.07, 6.45) is 3.60. The van der Waals surface area contributed by atoms with Crippen molar-refractivity contribution in [1.82, 2.24) is 15.3 Å². The first-order valence-electron chi connectivity index (χ1n) is 6.48. The third kappa shape index (κ3) is 2.39. The van der Waals surface area contributed by atoms with Crippen molar-refractivity contribution in [3.63, 3.8) is 0 Å². The second-order valence-electron chi connectivity index (χ2n) is 4.77. The fourth-order valence-electron chi connectivity index (χ4n) is 2.27. The first-order valence-corrected chi connectivity index (χ1v) is 6.48. The molecule has 0 amide bonds. The molecular formula is C15H17N3O. The zero-order valence-electron chi connectivity index (χ0n) is 11.1. The molecule has 19 heavy (non-hydrogen) atoms. The molecule has 0 radical (unpaired) electrons. The summed E-state index contributed by atoms with van der Waals surface area (Å²) in [6, 6.07) is 10.4. The quantitative estimate of drug-likeness (QED) is 0.749. The number of H-pyrrole nitrogens is 1. The lowest BCUT2D eigenvalue weighted by Gasteiger charge is -2.16. The van der Waals surface area contributed by atoms with Gasteiger partial charge in [-0.25, -0.2) is 4.98 Å². The van der Waals surface area contributed by atoms with Crippen LogP contribution in [-0.2, 0) is 0 Å². The van der Waals surface area contributed by atoms with E-state index in [-0.39, 0.29) is 12.1 Å². The molecule has 3 aromatic rings. The van der Waals surface area contributed by atoms with Gasteiger partial charge in [0.1, 0.15) is 17.2 Å². The van der Waals surface area contributed by atoms with E-state index in [1.165, 1.54) is 0 Å². The number of para-hydroxylation sites is 1. The molecule has 4 nitrogen and oxygen atoms in total. The third-order valence-electron chi connectivity index (χ3n) is 3.30. The monoisotopic (exact) mass is 255 g/mol. The maximum atomic E-state index is 5.85. The van der Waals surface area contributed by atoms with E-state index in [1.807, 2.05) is 24.4 Å². The standard InChI is InChI=1S/C15H17N3O/c1-10(18-11(2)15-16-7-8-17-15)14-9-12-5-3-4-6-13(12)19-14/h3-11,18H,1-2H3,(H,16,17). The zero-order chi connectivity index (χ0) is 13.2. The Kier molecular flexibility index (Phi) is 3.09. The van der Waals surface area contributed by atoms with E-state index in [4.69, 9.17) is 4.42 Å². The van der Waals surface area contributed by atoms with Gasteiger partial charge in [0.25, 0.3) is 0 Å². The average Bonchev–Trinajstić information content (AvgIpc) is 3.07. The Labute approximate surface area is 111 Å².